The lowest BCUT2D eigenvalue weighted by molar-refractivity contribution is 0.716. The van der Waals surface area contributed by atoms with Crippen molar-refractivity contribution in [1.82, 2.24) is 14.3 Å². The number of rotatable bonds is 2. The van der Waals surface area contributed by atoms with Gasteiger partial charge in [-0.3, -0.25) is 4.68 Å². The number of nitrogens with zero attached hydrogens (tertiary/aromatic N) is 3. The monoisotopic (exact) mass is 279 g/mol. The number of hydrogen-bond acceptors (Lipinski definition) is 1. The summed E-state index contributed by atoms with van der Waals surface area (Å²) in [4.78, 5) is 0. The highest BCUT2D eigenvalue weighted by Gasteiger charge is 2.07. The molecule has 0 N–H and O–H groups in total. The van der Waals surface area contributed by atoms with Crippen molar-refractivity contribution in [1.29, 1.82) is 0 Å². The summed E-state index contributed by atoms with van der Waals surface area (Å²) in [5.41, 5.74) is 2.03. The van der Waals surface area contributed by atoms with Crippen LogP contribution in [0.25, 0.3) is 10.9 Å². The van der Waals surface area contributed by atoms with E-state index in [9.17, 15) is 0 Å². The van der Waals surface area contributed by atoms with Crippen molar-refractivity contribution in [3.05, 3.63) is 52.4 Å². The average Bonchev–Trinajstić information content (AvgIpc) is 2.87. The van der Waals surface area contributed by atoms with Gasteiger partial charge in [-0.15, -0.1) is 0 Å². The molecular weight excluding hydrogens is 269 g/mol. The van der Waals surface area contributed by atoms with E-state index in [2.05, 4.69) is 9.67 Å². The summed E-state index contributed by atoms with van der Waals surface area (Å²) in [6, 6.07) is 7.68. The molecule has 0 fully saturated rings. The molecule has 0 amide bonds. The van der Waals surface area contributed by atoms with Crippen LogP contribution in [0.2, 0.25) is 10.0 Å². The summed E-state index contributed by atoms with van der Waals surface area (Å²) in [7, 11) is 1.91. The van der Waals surface area contributed by atoms with Crippen LogP contribution in [0.4, 0.5) is 0 Å². The topological polar surface area (TPSA) is 22.8 Å². The molecule has 1 aromatic carbocycles. The van der Waals surface area contributed by atoms with Gasteiger partial charge in [0.25, 0.3) is 0 Å². The molecule has 0 radical (unpaired) electrons. The van der Waals surface area contributed by atoms with E-state index < -0.39 is 0 Å². The molecule has 5 heteroatoms. The molecule has 0 bridgehead atoms. The second-order valence-corrected chi connectivity index (χ2v) is 5.09. The van der Waals surface area contributed by atoms with Crippen molar-refractivity contribution in [2.24, 2.45) is 7.05 Å². The molecule has 0 saturated heterocycles. The Kier molecular flexibility index (Phi) is 2.80. The van der Waals surface area contributed by atoms with Crippen LogP contribution in [0.1, 0.15) is 5.69 Å². The highest BCUT2D eigenvalue weighted by Crippen LogP contribution is 2.29. The second kappa shape index (κ2) is 4.34. The Balaban J connectivity index is 2.07. The molecule has 0 atom stereocenters. The maximum Gasteiger partial charge on any atom is 0.0821 e. The maximum absolute atomic E-state index is 6.17. The summed E-state index contributed by atoms with van der Waals surface area (Å²) in [5.74, 6) is 0. The van der Waals surface area contributed by atoms with Crippen molar-refractivity contribution in [2.45, 2.75) is 6.54 Å². The van der Waals surface area contributed by atoms with Crippen LogP contribution >= 0.6 is 23.2 Å². The SMILES string of the molecule is Cn1ccc(Cn2ccc3c(Cl)cc(Cl)cc32)n1. The fraction of sp³-hybridized carbons (Fsp3) is 0.154. The van der Waals surface area contributed by atoms with Crippen molar-refractivity contribution in [3.63, 3.8) is 0 Å². The maximum atomic E-state index is 6.17. The smallest absolute Gasteiger partial charge is 0.0821 e. The van der Waals surface area contributed by atoms with E-state index >= 15 is 0 Å². The van der Waals surface area contributed by atoms with Crippen LogP contribution in [0, 0.1) is 0 Å². The third-order valence-electron chi connectivity index (χ3n) is 2.90. The third kappa shape index (κ3) is 2.00. The quantitative estimate of drug-likeness (QED) is 0.701. The van der Waals surface area contributed by atoms with Crippen molar-refractivity contribution >= 4 is 34.1 Å². The van der Waals surface area contributed by atoms with E-state index in [0.29, 0.717) is 16.6 Å². The molecule has 0 aliphatic heterocycles. The average molecular weight is 280 g/mol. The van der Waals surface area contributed by atoms with Crippen LogP contribution in [0.5, 0.6) is 0 Å². The molecule has 3 aromatic rings. The molecule has 0 unspecified atom stereocenters. The van der Waals surface area contributed by atoms with E-state index in [1.54, 1.807) is 10.7 Å². The number of fused-ring (bicyclic) bond motifs is 1. The molecule has 18 heavy (non-hydrogen) atoms. The van der Waals surface area contributed by atoms with Gasteiger partial charge in [-0.2, -0.15) is 5.10 Å². The van der Waals surface area contributed by atoms with Crippen LogP contribution in [0.3, 0.4) is 0 Å². The Morgan fingerprint density at radius 3 is 2.72 bits per heavy atom. The second-order valence-electron chi connectivity index (χ2n) is 4.24. The van der Waals surface area contributed by atoms with Gasteiger partial charge in [0.05, 0.1) is 22.8 Å². The molecule has 2 heterocycles. The number of aromatic nitrogens is 3. The van der Waals surface area contributed by atoms with Crippen molar-refractivity contribution in [3.8, 4) is 0 Å². The van der Waals surface area contributed by atoms with Gasteiger partial charge < -0.3 is 4.57 Å². The molecule has 3 nitrogen and oxygen atoms in total. The van der Waals surface area contributed by atoms with Crippen LogP contribution < -0.4 is 0 Å². The van der Waals surface area contributed by atoms with Crippen LogP contribution in [-0.4, -0.2) is 14.3 Å². The van der Waals surface area contributed by atoms with E-state index in [1.807, 2.05) is 37.6 Å². The Hall–Kier alpha value is -1.45. The van der Waals surface area contributed by atoms with E-state index in [-0.39, 0.29) is 0 Å². The van der Waals surface area contributed by atoms with Crippen LogP contribution in [-0.2, 0) is 13.6 Å². The van der Waals surface area contributed by atoms with Crippen molar-refractivity contribution < 1.29 is 0 Å². The Morgan fingerprint density at radius 1 is 1.17 bits per heavy atom. The molecule has 3 rings (SSSR count). The Labute approximate surface area is 115 Å². The number of benzene rings is 1. The minimum absolute atomic E-state index is 0.647. The standard InChI is InChI=1S/C13H11Cl2N3/c1-17-4-2-10(16-17)8-18-5-3-11-12(15)6-9(14)7-13(11)18/h2-7H,8H2,1H3. The van der Waals surface area contributed by atoms with Gasteiger partial charge in [0, 0.05) is 29.9 Å². The molecule has 0 aliphatic carbocycles. The first-order valence-electron chi connectivity index (χ1n) is 5.56. The minimum Gasteiger partial charge on any atom is -0.341 e. The molecule has 0 saturated carbocycles. The molecule has 92 valence electrons. The molecule has 2 aromatic heterocycles. The van der Waals surface area contributed by atoms with E-state index in [4.69, 9.17) is 23.2 Å². The van der Waals surface area contributed by atoms with Gasteiger partial charge in [-0.25, -0.2) is 0 Å². The minimum atomic E-state index is 0.647. The summed E-state index contributed by atoms with van der Waals surface area (Å²) in [5, 5.41) is 6.70. The first-order valence-corrected chi connectivity index (χ1v) is 6.31. The highest BCUT2D eigenvalue weighted by atomic mass is 35.5. The lowest BCUT2D eigenvalue weighted by Crippen LogP contribution is -1.99. The van der Waals surface area contributed by atoms with Gasteiger partial charge in [0.2, 0.25) is 0 Å². The van der Waals surface area contributed by atoms with Gasteiger partial charge in [0.15, 0.2) is 0 Å². The fourth-order valence-electron chi connectivity index (χ4n) is 2.08. The molecule has 0 aliphatic rings. The number of hydrogen-bond donors (Lipinski definition) is 0. The molecular formula is C13H11Cl2N3. The van der Waals surface area contributed by atoms with Crippen LogP contribution in [0.15, 0.2) is 36.7 Å². The first-order chi connectivity index (χ1) is 8.63. The third-order valence-corrected chi connectivity index (χ3v) is 3.44. The first kappa shape index (κ1) is 11.6. The Morgan fingerprint density at radius 2 is 2.00 bits per heavy atom. The summed E-state index contributed by atoms with van der Waals surface area (Å²) >= 11 is 12.2. The molecule has 0 spiro atoms. The van der Waals surface area contributed by atoms with Gasteiger partial charge in [-0.1, -0.05) is 23.2 Å². The lowest BCUT2D eigenvalue weighted by Gasteiger charge is -2.04. The fourth-order valence-corrected chi connectivity index (χ4v) is 2.62. The largest absolute Gasteiger partial charge is 0.341 e. The summed E-state index contributed by atoms with van der Waals surface area (Å²) in [6.07, 6.45) is 3.93. The zero-order valence-electron chi connectivity index (χ0n) is 9.77. The highest BCUT2D eigenvalue weighted by molar-refractivity contribution is 6.38. The predicted octanol–water partition coefficient (Wildman–Crippen LogP) is 3.73. The zero-order valence-corrected chi connectivity index (χ0v) is 11.3. The van der Waals surface area contributed by atoms with Gasteiger partial charge >= 0.3 is 0 Å². The van der Waals surface area contributed by atoms with Gasteiger partial charge in [-0.05, 0) is 24.3 Å². The summed E-state index contributed by atoms with van der Waals surface area (Å²) in [6.45, 7) is 0.709. The zero-order chi connectivity index (χ0) is 12.7. The van der Waals surface area contributed by atoms with Gasteiger partial charge in [0.1, 0.15) is 0 Å². The summed E-state index contributed by atoms with van der Waals surface area (Å²) < 4.78 is 3.89. The predicted molar refractivity (Wildman–Crippen MR) is 74.3 cm³/mol. The normalized spacial score (nSPS) is 11.3. The van der Waals surface area contributed by atoms with E-state index in [0.717, 1.165) is 16.6 Å². The Bertz CT molecular complexity index is 712. The van der Waals surface area contributed by atoms with E-state index in [1.165, 1.54) is 0 Å². The number of halogens is 2. The van der Waals surface area contributed by atoms with Crippen molar-refractivity contribution in [2.75, 3.05) is 0 Å². The number of aryl methyl sites for hydroxylation is 1. The lowest BCUT2D eigenvalue weighted by atomic mass is 10.2.